The van der Waals surface area contributed by atoms with E-state index < -0.39 is 65.9 Å². The minimum atomic E-state index is -4.97. The third-order valence-electron chi connectivity index (χ3n) is 6.56. The number of amides is 1. The SMILES string of the molecule is C[C@@H](N(CC(=O)OCc1ccccc1)C(=O)c1ccc(OC(F)(F)F)cc1)[C@](O)(Cn1cncn1)c1ccc(F)cc1F. The maximum absolute atomic E-state index is 15.1. The minimum Gasteiger partial charge on any atom is -0.459 e. The number of ether oxygens (including phenoxy) is 2. The molecule has 1 heterocycles. The molecule has 9 nitrogen and oxygen atoms in total. The predicted molar refractivity (Wildman–Crippen MR) is 140 cm³/mol. The van der Waals surface area contributed by atoms with E-state index in [-0.39, 0.29) is 12.2 Å². The first-order valence-electron chi connectivity index (χ1n) is 12.7. The van der Waals surface area contributed by atoms with Gasteiger partial charge in [-0.3, -0.25) is 9.59 Å². The molecule has 3 aromatic carbocycles. The Labute approximate surface area is 242 Å². The van der Waals surface area contributed by atoms with Crippen molar-refractivity contribution in [3.8, 4) is 5.75 Å². The smallest absolute Gasteiger partial charge is 0.459 e. The number of hydrogen-bond donors (Lipinski definition) is 1. The van der Waals surface area contributed by atoms with Crippen LogP contribution in [0.4, 0.5) is 22.0 Å². The van der Waals surface area contributed by atoms with E-state index in [1.807, 2.05) is 0 Å². The zero-order valence-electron chi connectivity index (χ0n) is 22.5. The second-order valence-electron chi connectivity index (χ2n) is 9.47. The zero-order valence-corrected chi connectivity index (χ0v) is 22.5. The number of carbonyl (C=O) groups excluding carboxylic acids is 2. The van der Waals surface area contributed by atoms with Crippen molar-refractivity contribution in [2.45, 2.75) is 38.1 Å². The molecule has 0 aliphatic heterocycles. The van der Waals surface area contributed by atoms with Crippen molar-refractivity contribution in [2.24, 2.45) is 0 Å². The Kier molecular flexibility index (Phi) is 9.39. The van der Waals surface area contributed by atoms with E-state index in [9.17, 15) is 32.3 Å². The number of benzene rings is 3. The predicted octanol–water partition coefficient (Wildman–Crippen LogP) is 4.62. The molecule has 1 amide bonds. The van der Waals surface area contributed by atoms with E-state index in [1.54, 1.807) is 30.3 Å². The van der Waals surface area contributed by atoms with Crippen LogP contribution in [-0.4, -0.2) is 55.6 Å². The average Bonchev–Trinajstić information content (AvgIpc) is 3.47. The number of aliphatic hydroxyl groups is 1. The quantitative estimate of drug-likeness (QED) is 0.197. The number of esters is 1. The van der Waals surface area contributed by atoms with Gasteiger partial charge in [0.2, 0.25) is 0 Å². The van der Waals surface area contributed by atoms with Gasteiger partial charge in [0.1, 0.15) is 48.8 Å². The molecule has 0 radical (unpaired) electrons. The summed E-state index contributed by atoms with van der Waals surface area (Å²) in [6, 6.07) is 13.5. The van der Waals surface area contributed by atoms with Crippen LogP contribution >= 0.6 is 0 Å². The first kappa shape index (κ1) is 31.1. The highest BCUT2D eigenvalue weighted by Crippen LogP contribution is 2.34. The molecule has 0 unspecified atom stereocenters. The summed E-state index contributed by atoms with van der Waals surface area (Å²) in [6.07, 6.45) is -2.59. The highest BCUT2D eigenvalue weighted by molar-refractivity contribution is 5.96. The molecule has 0 spiro atoms. The molecule has 226 valence electrons. The molecule has 0 saturated heterocycles. The van der Waals surface area contributed by atoms with Gasteiger partial charge in [0, 0.05) is 17.2 Å². The molecule has 0 bridgehead atoms. The van der Waals surface area contributed by atoms with Crippen LogP contribution < -0.4 is 4.74 Å². The van der Waals surface area contributed by atoms with Gasteiger partial charge in [0.15, 0.2) is 0 Å². The van der Waals surface area contributed by atoms with E-state index >= 15 is 4.39 Å². The second kappa shape index (κ2) is 13.0. The van der Waals surface area contributed by atoms with Gasteiger partial charge < -0.3 is 19.5 Å². The summed E-state index contributed by atoms with van der Waals surface area (Å²) in [5.74, 6) is -4.47. The first-order valence-corrected chi connectivity index (χ1v) is 12.7. The summed E-state index contributed by atoms with van der Waals surface area (Å²) < 4.78 is 77.2. The van der Waals surface area contributed by atoms with Crippen LogP contribution in [-0.2, 0) is 28.3 Å². The van der Waals surface area contributed by atoms with Gasteiger partial charge in [-0.2, -0.15) is 5.10 Å². The third-order valence-corrected chi connectivity index (χ3v) is 6.56. The maximum atomic E-state index is 15.1. The van der Waals surface area contributed by atoms with Crippen molar-refractivity contribution >= 4 is 11.9 Å². The van der Waals surface area contributed by atoms with Crippen LogP contribution in [0.5, 0.6) is 5.75 Å². The topological polar surface area (TPSA) is 107 Å². The molecule has 4 aromatic rings. The Morgan fingerprint density at radius 1 is 1.02 bits per heavy atom. The molecular weight excluding hydrogens is 579 g/mol. The summed E-state index contributed by atoms with van der Waals surface area (Å²) >= 11 is 0. The number of carbonyl (C=O) groups is 2. The zero-order chi connectivity index (χ0) is 31.2. The third kappa shape index (κ3) is 7.92. The molecule has 0 saturated carbocycles. The van der Waals surface area contributed by atoms with Crippen LogP contribution in [0, 0.1) is 11.6 Å². The van der Waals surface area contributed by atoms with Crippen molar-refractivity contribution in [1.29, 1.82) is 0 Å². The first-order chi connectivity index (χ1) is 20.4. The molecule has 0 fully saturated rings. The molecule has 2 atom stereocenters. The second-order valence-corrected chi connectivity index (χ2v) is 9.47. The molecular formula is C29H25F5N4O5. The lowest BCUT2D eigenvalue weighted by Gasteiger charge is -2.41. The van der Waals surface area contributed by atoms with Crippen molar-refractivity contribution in [3.63, 3.8) is 0 Å². The highest BCUT2D eigenvalue weighted by atomic mass is 19.4. The summed E-state index contributed by atoms with van der Waals surface area (Å²) in [4.78, 5) is 31.4. The Bertz CT molecular complexity index is 1540. The number of alkyl halides is 3. The highest BCUT2D eigenvalue weighted by Gasteiger charge is 2.44. The molecule has 1 aromatic heterocycles. The Balaban J connectivity index is 1.71. The van der Waals surface area contributed by atoms with Gasteiger partial charge in [-0.05, 0) is 42.8 Å². The van der Waals surface area contributed by atoms with E-state index in [4.69, 9.17) is 4.74 Å². The van der Waals surface area contributed by atoms with Crippen molar-refractivity contribution in [3.05, 3.63) is 114 Å². The number of hydrogen-bond acceptors (Lipinski definition) is 7. The minimum absolute atomic E-state index is 0.143. The van der Waals surface area contributed by atoms with Crippen LogP contribution in [0.25, 0.3) is 0 Å². The Hall–Kier alpha value is -4.85. The number of aromatic nitrogens is 3. The van der Waals surface area contributed by atoms with Crippen LogP contribution in [0.2, 0.25) is 0 Å². The number of rotatable bonds is 11. The molecule has 1 N–H and O–H groups in total. The summed E-state index contributed by atoms with van der Waals surface area (Å²) in [5, 5.41) is 15.9. The maximum Gasteiger partial charge on any atom is 0.573 e. The summed E-state index contributed by atoms with van der Waals surface area (Å²) in [5.41, 5.74) is -2.28. The van der Waals surface area contributed by atoms with Gasteiger partial charge in [-0.1, -0.05) is 36.4 Å². The van der Waals surface area contributed by atoms with Crippen LogP contribution in [0.1, 0.15) is 28.4 Å². The Morgan fingerprint density at radius 2 is 1.72 bits per heavy atom. The van der Waals surface area contributed by atoms with Gasteiger partial charge in [0.05, 0.1) is 12.6 Å². The number of nitrogens with zero attached hydrogens (tertiary/aromatic N) is 4. The summed E-state index contributed by atoms with van der Waals surface area (Å²) in [6.45, 7) is -0.0628. The molecule has 0 aliphatic carbocycles. The summed E-state index contributed by atoms with van der Waals surface area (Å²) in [7, 11) is 0. The molecule has 43 heavy (non-hydrogen) atoms. The standard InChI is InChI=1S/C29H25F5N4O5/c1-19(28(41,16-37-18-35-17-36-37)24-12-9-22(30)13-25(24)31)38(14-26(39)42-15-20-5-3-2-4-6-20)27(40)21-7-10-23(11-8-21)43-29(32,33)34/h2-13,17-19,41H,14-16H2,1H3/t19-,28-/m1/s1. The van der Waals surface area contributed by atoms with Gasteiger partial charge >= 0.3 is 12.3 Å². The van der Waals surface area contributed by atoms with E-state index in [1.165, 1.54) is 13.3 Å². The largest absolute Gasteiger partial charge is 0.573 e. The van der Waals surface area contributed by atoms with Crippen LogP contribution in [0.3, 0.4) is 0 Å². The lowest BCUT2D eigenvalue weighted by molar-refractivity contribution is -0.274. The van der Waals surface area contributed by atoms with Crippen LogP contribution in [0.15, 0.2) is 85.5 Å². The van der Waals surface area contributed by atoms with Crippen molar-refractivity contribution < 1.29 is 46.1 Å². The van der Waals surface area contributed by atoms with Gasteiger partial charge in [-0.25, -0.2) is 18.4 Å². The average molecular weight is 605 g/mol. The van der Waals surface area contributed by atoms with Crippen molar-refractivity contribution in [2.75, 3.05) is 6.54 Å². The van der Waals surface area contributed by atoms with Crippen molar-refractivity contribution in [1.82, 2.24) is 19.7 Å². The molecule has 4 rings (SSSR count). The fourth-order valence-corrected chi connectivity index (χ4v) is 4.37. The van der Waals surface area contributed by atoms with E-state index in [2.05, 4.69) is 14.8 Å². The van der Waals surface area contributed by atoms with E-state index in [0.717, 1.165) is 52.3 Å². The Morgan fingerprint density at radius 3 is 2.33 bits per heavy atom. The monoisotopic (exact) mass is 604 g/mol. The fraction of sp³-hybridized carbons (Fsp3) is 0.241. The fourth-order valence-electron chi connectivity index (χ4n) is 4.37. The normalized spacial score (nSPS) is 13.6. The lowest BCUT2D eigenvalue weighted by atomic mass is 9.85. The van der Waals surface area contributed by atoms with Gasteiger partial charge in [-0.15, -0.1) is 13.2 Å². The molecule has 0 aliphatic rings. The number of halogens is 5. The lowest BCUT2D eigenvalue weighted by Crippen LogP contribution is -2.55. The molecule has 14 heteroatoms. The van der Waals surface area contributed by atoms with E-state index in [0.29, 0.717) is 11.6 Å². The van der Waals surface area contributed by atoms with Gasteiger partial charge in [0.25, 0.3) is 5.91 Å².